The van der Waals surface area contributed by atoms with Crippen molar-refractivity contribution < 1.29 is 14.3 Å². The Morgan fingerprint density at radius 1 is 1.39 bits per heavy atom. The van der Waals surface area contributed by atoms with Crippen LogP contribution in [0, 0.1) is 11.3 Å². The zero-order valence-electron chi connectivity index (χ0n) is 12.0. The van der Waals surface area contributed by atoms with Gasteiger partial charge >= 0.3 is 115 Å². The number of carbonyl (C=O) groups is 2. The molecule has 1 saturated heterocycles. The predicted molar refractivity (Wildman–Crippen MR) is 71.3 cm³/mol. The second-order valence-corrected chi connectivity index (χ2v) is 8.73. The number of hydrogen-bond acceptors (Lipinski definition) is 3. The van der Waals surface area contributed by atoms with Gasteiger partial charge in [0.25, 0.3) is 0 Å². The molecule has 0 aromatic heterocycles. The molecule has 0 bridgehead atoms. The summed E-state index contributed by atoms with van der Waals surface area (Å²) in [6, 6.07) is -0.406. The van der Waals surface area contributed by atoms with Crippen LogP contribution in [0.2, 0.25) is 4.82 Å². The van der Waals surface area contributed by atoms with Gasteiger partial charge in [0.05, 0.1) is 0 Å². The molecule has 1 heterocycles. The fraction of sp³-hybridized carbons (Fsp3) is 0.846. The number of ether oxygens (including phenoxy) is 1. The average Bonchev–Trinajstić information content (AvgIpc) is 2.66. The summed E-state index contributed by atoms with van der Waals surface area (Å²) < 4.78 is 4.88. The summed E-state index contributed by atoms with van der Waals surface area (Å²) >= 11 is 0.228. The van der Waals surface area contributed by atoms with Crippen LogP contribution in [-0.4, -0.2) is 50.3 Å². The van der Waals surface area contributed by atoms with Gasteiger partial charge in [-0.3, -0.25) is 0 Å². The van der Waals surface area contributed by atoms with Crippen LogP contribution in [0.25, 0.3) is 0 Å². The van der Waals surface area contributed by atoms with Crippen LogP contribution in [0.15, 0.2) is 0 Å². The van der Waals surface area contributed by atoms with Crippen molar-refractivity contribution >= 4 is 27.3 Å². The summed E-state index contributed by atoms with van der Waals surface area (Å²) in [6.45, 7) is 10.6. The Morgan fingerprint density at radius 3 is 2.28 bits per heavy atom. The summed E-state index contributed by atoms with van der Waals surface area (Å²) in [5.74, 6) is 0.0957. The minimum atomic E-state index is -0.406. The minimum absolute atomic E-state index is 0.00315. The summed E-state index contributed by atoms with van der Waals surface area (Å²) in [5.41, 5.74) is -0.00315. The first kappa shape index (κ1) is 15.5. The van der Waals surface area contributed by atoms with E-state index in [1.54, 1.807) is 4.90 Å². The summed E-state index contributed by atoms with van der Waals surface area (Å²) in [4.78, 5) is 25.4. The fourth-order valence-electron chi connectivity index (χ4n) is 2.28. The normalized spacial score (nSPS) is 28.6. The molecule has 0 aromatic rings. The molecule has 0 unspecified atom stereocenters. The molecule has 1 aliphatic heterocycles. The second-order valence-electron chi connectivity index (χ2n) is 6.08. The molecule has 0 aromatic carbocycles. The first-order valence-electron chi connectivity index (χ1n) is 6.20. The van der Waals surface area contributed by atoms with Crippen molar-refractivity contribution in [2.75, 3.05) is 7.11 Å². The van der Waals surface area contributed by atoms with Crippen LogP contribution in [-0.2, 0) is 14.3 Å². The van der Waals surface area contributed by atoms with Crippen LogP contribution in [0.1, 0.15) is 34.6 Å². The maximum absolute atomic E-state index is 12.0. The number of rotatable bonds is 3. The standard InChI is InChI=1S/C13H23NO3Se/c1-8(2)10-9(11(16)17-6)14(7-15)12(18-10)13(3,4)5/h7-10,12H,1-6H3/t9-,10+,12+/m0/s1. The molecule has 1 aliphatic rings. The van der Waals surface area contributed by atoms with Gasteiger partial charge in [-0.1, -0.05) is 0 Å². The molecule has 0 spiro atoms. The number of hydrogen-bond donors (Lipinski definition) is 0. The molecule has 5 heteroatoms. The molecule has 1 rings (SSSR count). The van der Waals surface area contributed by atoms with Gasteiger partial charge in [-0.25, -0.2) is 0 Å². The molecule has 4 nitrogen and oxygen atoms in total. The van der Waals surface area contributed by atoms with E-state index in [0.29, 0.717) is 5.92 Å². The van der Waals surface area contributed by atoms with E-state index < -0.39 is 6.04 Å². The molecule has 0 aliphatic carbocycles. The van der Waals surface area contributed by atoms with Crippen LogP contribution < -0.4 is 0 Å². The molecule has 0 N–H and O–H groups in total. The quantitative estimate of drug-likeness (QED) is 0.450. The fourth-order valence-corrected chi connectivity index (χ4v) is 5.93. The molecule has 0 radical (unpaired) electrons. The van der Waals surface area contributed by atoms with E-state index in [9.17, 15) is 9.59 Å². The molecule has 3 atom stereocenters. The Balaban J connectivity index is 3.10. The van der Waals surface area contributed by atoms with Crippen molar-refractivity contribution in [1.29, 1.82) is 0 Å². The number of nitrogens with zero attached hydrogens (tertiary/aromatic N) is 1. The van der Waals surface area contributed by atoms with Gasteiger partial charge in [-0.15, -0.1) is 0 Å². The van der Waals surface area contributed by atoms with Gasteiger partial charge in [0, 0.05) is 0 Å². The van der Waals surface area contributed by atoms with Crippen molar-refractivity contribution in [3.05, 3.63) is 0 Å². The number of esters is 1. The summed E-state index contributed by atoms with van der Waals surface area (Å²) in [5, 5.41) is 0. The van der Waals surface area contributed by atoms with E-state index in [4.69, 9.17) is 4.74 Å². The summed E-state index contributed by atoms with van der Waals surface area (Å²) in [7, 11) is 1.39. The zero-order chi connectivity index (χ0) is 14.1. The second kappa shape index (κ2) is 5.62. The van der Waals surface area contributed by atoms with Crippen molar-refractivity contribution in [2.45, 2.75) is 50.4 Å². The van der Waals surface area contributed by atoms with E-state index in [1.807, 2.05) is 0 Å². The number of carbonyl (C=O) groups excluding carboxylic acids is 2. The van der Waals surface area contributed by atoms with Crippen molar-refractivity contribution in [1.82, 2.24) is 4.90 Å². The first-order valence-corrected chi connectivity index (χ1v) is 8.18. The third-order valence-corrected chi connectivity index (χ3v) is 8.03. The molecule has 18 heavy (non-hydrogen) atoms. The van der Waals surface area contributed by atoms with Gasteiger partial charge in [-0.05, 0) is 0 Å². The molecule has 1 amide bonds. The SMILES string of the molecule is COC(=O)[C@@H]1[C@@H](C(C)C)[Se][C@H](C(C)(C)C)N1C=O. The molecular weight excluding hydrogens is 297 g/mol. The Hall–Kier alpha value is -0.541. The van der Waals surface area contributed by atoms with Gasteiger partial charge in [0.15, 0.2) is 0 Å². The Morgan fingerprint density at radius 2 is 1.94 bits per heavy atom. The van der Waals surface area contributed by atoms with Crippen LogP contribution in [0.5, 0.6) is 0 Å². The van der Waals surface area contributed by atoms with Crippen molar-refractivity contribution in [2.24, 2.45) is 11.3 Å². The maximum atomic E-state index is 12.0. The van der Waals surface area contributed by atoms with Gasteiger partial charge in [-0.2, -0.15) is 0 Å². The van der Waals surface area contributed by atoms with Gasteiger partial charge < -0.3 is 0 Å². The third kappa shape index (κ3) is 2.89. The van der Waals surface area contributed by atoms with E-state index in [-0.39, 0.29) is 36.1 Å². The molecule has 104 valence electrons. The Kier molecular flexibility index (Phi) is 4.84. The van der Waals surface area contributed by atoms with Crippen molar-refractivity contribution in [3.8, 4) is 0 Å². The van der Waals surface area contributed by atoms with Crippen LogP contribution >= 0.6 is 0 Å². The monoisotopic (exact) mass is 321 g/mol. The average molecular weight is 320 g/mol. The van der Waals surface area contributed by atoms with E-state index in [1.165, 1.54) is 7.11 Å². The van der Waals surface area contributed by atoms with Crippen LogP contribution in [0.3, 0.4) is 0 Å². The summed E-state index contributed by atoms with van der Waals surface area (Å²) in [6.07, 6.45) is 0.821. The number of methoxy groups -OCH3 is 1. The van der Waals surface area contributed by atoms with E-state index in [0.717, 1.165) is 6.41 Å². The zero-order valence-corrected chi connectivity index (χ0v) is 13.7. The van der Waals surface area contributed by atoms with E-state index >= 15 is 0 Å². The van der Waals surface area contributed by atoms with E-state index in [2.05, 4.69) is 34.6 Å². The van der Waals surface area contributed by atoms with Crippen molar-refractivity contribution in [3.63, 3.8) is 0 Å². The number of amides is 1. The molecule has 0 saturated carbocycles. The first-order chi connectivity index (χ1) is 8.23. The molecule has 1 fully saturated rings. The topological polar surface area (TPSA) is 46.6 Å². The van der Waals surface area contributed by atoms with Crippen LogP contribution in [0.4, 0.5) is 0 Å². The van der Waals surface area contributed by atoms with Gasteiger partial charge in [0.1, 0.15) is 0 Å². The Bertz CT molecular complexity index is 325. The molecular formula is C13H23NO3Se. The predicted octanol–water partition coefficient (Wildman–Crippen LogP) is 1.52. The third-order valence-electron chi connectivity index (χ3n) is 3.15. The Labute approximate surface area is 116 Å². The van der Waals surface area contributed by atoms with Gasteiger partial charge in [0.2, 0.25) is 0 Å².